The van der Waals surface area contributed by atoms with Crippen LogP contribution < -0.4 is 5.32 Å². The lowest BCUT2D eigenvalue weighted by atomic mass is 10.2. The van der Waals surface area contributed by atoms with Crippen LogP contribution in [0.15, 0.2) is 16.9 Å². The van der Waals surface area contributed by atoms with Crippen LogP contribution in [0.25, 0.3) is 0 Å². The lowest BCUT2D eigenvalue weighted by Gasteiger charge is -2.08. The number of anilines is 1. The van der Waals surface area contributed by atoms with Crippen molar-refractivity contribution >= 4 is 27.5 Å². The summed E-state index contributed by atoms with van der Waals surface area (Å²) in [4.78, 5) is 14.5. The number of hydrogen-bond acceptors (Lipinski definition) is 2. The summed E-state index contributed by atoms with van der Waals surface area (Å²) >= 11 is 3.10. The molecule has 1 aromatic rings. The number of pyridine rings is 1. The van der Waals surface area contributed by atoms with Crippen molar-refractivity contribution < 1.29 is 13.6 Å². The lowest BCUT2D eigenvalue weighted by Crippen LogP contribution is -2.20. The minimum Gasteiger partial charge on any atom is -0.320 e. The van der Waals surface area contributed by atoms with E-state index in [0.29, 0.717) is 15.7 Å². The van der Waals surface area contributed by atoms with Crippen molar-refractivity contribution in [2.45, 2.75) is 13.3 Å². The maximum absolute atomic E-state index is 11.9. The summed E-state index contributed by atoms with van der Waals surface area (Å²) in [5, 5.41) is 2.10. The Labute approximate surface area is 87.7 Å². The van der Waals surface area contributed by atoms with Gasteiger partial charge in [0.1, 0.15) is 0 Å². The van der Waals surface area contributed by atoms with E-state index in [2.05, 4.69) is 26.2 Å². The van der Waals surface area contributed by atoms with Gasteiger partial charge in [0.15, 0.2) is 0 Å². The highest BCUT2D eigenvalue weighted by atomic mass is 79.9. The Morgan fingerprint density at radius 1 is 1.57 bits per heavy atom. The molecule has 0 saturated heterocycles. The third-order valence-corrected chi connectivity index (χ3v) is 2.14. The van der Waals surface area contributed by atoms with Crippen LogP contribution in [0.3, 0.4) is 0 Å². The number of alkyl halides is 2. The maximum atomic E-state index is 11.9. The van der Waals surface area contributed by atoms with Crippen molar-refractivity contribution in [3.05, 3.63) is 22.4 Å². The van der Waals surface area contributed by atoms with Gasteiger partial charge in [-0.1, -0.05) is 0 Å². The zero-order chi connectivity index (χ0) is 10.7. The molecule has 14 heavy (non-hydrogen) atoms. The van der Waals surface area contributed by atoms with Crippen molar-refractivity contribution in [2.24, 2.45) is 0 Å². The molecule has 0 radical (unpaired) electrons. The highest BCUT2D eigenvalue weighted by Gasteiger charge is 2.17. The zero-order valence-electron chi connectivity index (χ0n) is 7.22. The van der Waals surface area contributed by atoms with Crippen molar-refractivity contribution in [2.75, 3.05) is 5.32 Å². The topological polar surface area (TPSA) is 42.0 Å². The van der Waals surface area contributed by atoms with Crippen LogP contribution >= 0.6 is 15.9 Å². The average molecular weight is 265 g/mol. The van der Waals surface area contributed by atoms with Crippen molar-refractivity contribution in [3.8, 4) is 0 Å². The summed E-state index contributed by atoms with van der Waals surface area (Å²) in [5.74, 6) is -1.32. The second kappa shape index (κ2) is 4.45. The average Bonchev–Trinajstić information content (AvgIpc) is 2.11. The number of amides is 1. The number of aryl methyl sites for hydroxylation is 1. The third-order valence-electron chi connectivity index (χ3n) is 1.54. The quantitative estimate of drug-likeness (QED) is 0.891. The normalized spacial score (nSPS) is 10.4. The molecule has 1 aromatic heterocycles. The molecule has 0 aliphatic carbocycles. The van der Waals surface area contributed by atoms with Crippen LogP contribution in [0.2, 0.25) is 0 Å². The number of carbonyl (C=O) groups excluding carboxylic acids is 1. The van der Waals surface area contributed by atoms with Gasteiger partial charge in [-0.15, -0.1) is 0 Å². The Kier molecular flexibility index (Phi) is 3.51. The summed E-state index contributed by atoms with van der Waals surface area (Å²) in [6.07, 6.45) is -0.116. The van der Waals surface area contributed by atoms with Crippen molar-refractivity contribution in [3.63, 3.8) is 0 Å². The lowest BCUT2D eigenvalue weighted by molar-refractivity contribution is -0.126. The zero-order valence-corrected chi connectivity index (χ0v) is 8.81. The van der Waals surface area contributed by atoms with E-state index >= 15 is 0 Å². The summed E-state index contributed by atoms with van der Waals surface area (Å²) in [5.41, 5.74) is 0.943. The SMILES string of the molecule is Cc1cncc(Br)c1NC(=O)C(F)F. The molecule has 0 aliphatic heterocycles. The van der Waals surface area contributed by atoms with Crippen LogP contribution in [0.5, 0.6) is 0 Å². The van der Waals surface area contributed by atoms with E-state index < -0.39 is 12.3 Å². The molecule has 0 aromatic carbocycles. The van der Waals surface area contributed by atoms with Gasteiger partial charge in [0.05, 0.1) is 10.2 Å². The predicted octanol–water partition coefficient (Wildman–Crippen LogP) is 2.36. The van der Waals surface area contributed by atoms with Gasteiger partial charge in [0.2, 0.25) is 0 Å². The van der Waals surface area contributed by atoms with Gasteiger partial charge in [-0.25, -0.2) is 0 Å². The molecule has 0 fully saturated rings. The first-order valence-corrected chi connectivity index (χ1v) is 4.50. The number of hydrogen-bond donors (Lipinski definition) is 1. The molecule has 0 bridgehead atoms. The molecule has 0 atom stereocenters. The molecule has 1 rings (SSSR count). The minimum atomic E-state index is -3.02. The third kappa shape index (κ3) is 2.47. The first kappa shape index (κ1) is 11.0. The molecule has 0 aliphatic rings. The van der Waals surface area contributed by atoms with Crippen LogP contribution in [-0.2, 0) is 4.79 Å². The van der Waals surface area contributed by atoms with Gasteiger partial charge in [-0.05, 0) is 28.4 Å². The molecular weight excluding hydrogens is 258 g/mol. The second-order valence-corrected chi connectivity index (χ2v) is 3.46. The molecule has 0 spiro atoms. The van der Waals surface area contributed by atoms with E-state index in [9.17, 15) is 13.6 Å². The summed E-state index contributed by atoms with van der Waals surface area (Å²) in [6, 6.07) is 0. The number of nitrogens with zero attached hydrogens (tertiary/aromatic N) is 1. The molecule has 1 heterocycles. The van der Waals surface area contributed by atoms with Crippen molar-refractivity contribution in [1.82, 2.24) is 4.98 Å². The first-order chi connectivity index (χ1) is 6.52. The molecule has 0 unspecified atom stereocenters. The van der Waals surface area contributed by atoms with E-state index in [4.69, 9.17) is 0 Å². The molecule has 0 saturated carbocycles. The Morgan fingerprint density at radius 3 is 2.71 bits per heavy atom. The van der Waals surface area contributed by atoms with Gasteiger partial charge < -0.3 is 5.32 Å². The fraction of sp³-hybridized carbons (Fsp3) is 0.250. The maximum Gasteiger partial charge on any atom is 0.315 e. The van der Waals surface area contributed by atoms with Crippen LogP contribution in [-0.4, -0.2) is 17.3 Å². The molecule has 76 valence electrons. The van der Waals surface area contributed by atoms with E-state index in [1.165, 1.54) is 12.4 Å². The highest BCUT2D eigenvalue weighted by molar-refractivity contribution is 9.10. The second-order valence-electron chi connectivity index (χ2n) is 2.60. The van der Waals surface area contributed by atoms with Gasteiger partial charge >= 0.3 is 6.43 Å². The Morgan fingerprint density at radius 2 is 2.21 bits per heavy atom. The van der Waals surface area contributed by atoms with Crippen molar-refractivity contribution in [1.29, 1.82) is 0 Å². The van der Waals surface area contributed by atoms with Gasteiger partial charge in [-0.3, -0.25) is 9.78 Å². The monoisotopic (exact) mass is 264 g/mol. The standard InChI is InChI=1S/C8H7BrF2N2O/c1-4-2-12-3-5(9)6(4)13-8(14)7(10)11/h2-3,7H,1H3,(H,12,13,14). The largest absolute Gasteiger partial charge is 0.320 e. The number of nitrogens with one attached hydrogen (secondary N) is 1. The van der Waals surface area contributed by atoms with Crippen LogP contribution in [0.4, 0.5) is 14.5 Å². The summed E-state index contributed by atoms with van der Waals surface area (Å²) in [6.45, 7) is 1.67. The van der Waals surface area contributed by atoms with Gasteiger partial charge in [-0.2, -0.15) is 8.78 Å². The Balaban J connectivity index is 2.91. The molecule has 6 heteroatoms. The molecule has 1 amide bonds. The number of rotatable bonds is 2. The number of carbonyl (C=O) groups is 1. The van der Waals surface area contributed by atoms with Gasteiger partial charge in [0, 0.05) is 12.4 Å². The number of aromatic nitrogens is 1. The first-order valence-electron chi connectivity index (χ1n) is 3.71. The van der Waals surface area contributed by atoms with E-state index in [1.54, 1.807) is 6.92 Å². The smallest absolute Gasteiger partial charge is 0.315 e. The Bertz CT molecular complexity index is 337. The molecular formula is C8H7BrF2N2O. The van der Waals surface area contributed by atoms with E-state index in [-0.39, 0.29) is 0 Å². The highest BCUT2D eigenvalue weighted by Crippen LogP contribution is 2.24. The Hall–Kier alpha value is -1.04. The van der Waals surface area contributed by atoms with E-state index in [0.717, 1.165) is 0 Å². The fourth-order valence-corrected chi connectivity index (χ4v) is 1.40. The minimum absolute atomic E-state index is 0.324. The predicted molar refractivity (Wildman–Crippen MR) is 51.3 cm³/mol. The molecule has 3 nitrogen and oxygen atoms in total. The summed E-state index contributed by atoms with van der Waals surface area (Å²) < 4.78 is 24.3. The summed E-state index contributed by atoms with van der Waals surface area (Å²) in [7, 11) is 0. The molecule has 1 N–H and O–H groups in total. The van der Waals surface area contributed by atoms with Gasteiger partial charge in [0.25, 0.3) is 5.91 Å². The van der Waals surface area contributed by atoms with Crippen LogP contribution in [0.1, 0.15) is 5.56 Å². The van der Waals surface area contributed by atoms with E-state index in [1.807, 2.05) is 0 Å². The van der Waals surface area contributed by atoms with Crippen LogP contribution in [0, 0.1) is 6.92 Å². The number of halogens is 3. The fourth-order valence-electron chi connectivity index (χ4n) is 0.868.